The zero-order valence-electron chi connectivity index (χ0n) is 7.60. The summed E-state index contributed by atoms with van der Waals surface area (Å²) in [6.07, 6.45) is 1.39. The second-order valence-electron chi connectivity index (χ2n) is 2.79. The monoisotopic (exact) mass is 195 g/mol. The largest absolute Gasteiger partial charge is 0.274 e. The van der Waals surface area contributed by atoms with Crippen molar-refractivity contribution in [3.63, 3.8) is 0 Å². The lowest BCUT2D eigenvalue weighted by atomic mass is 10.3. The molecule has 1 aromatic rings. The Morgan fingerprint density at radius 2 is 2.00 bits per heavy atom. The van der Waals surface area contributed by atoms with Gasteiger partial charge in [-0.1, -0.05) is 37.9 Å². The molecule has 0 bridgehead atoms. The molecule has 1 amide bonds. The maximum atomic E-state index is 11.4. The molecule has 0 fully saturated rings. The molecule has 0 N–H and O–H groups in total. The molecule has 0 atom stereocenters. The molecule has 0 aliphatic carbocycles. The maximum Gasteiger partial charge on any atom is 0.236 e. The standard InChI is InChI=1S/C10H13NOS/c1-2-6-10(12)11(13)9-7-4-3-5-8-9/h3-5,7-8,13H,2,6H2,1H3. The minimum absolute atomic E-state index is 0.0389. The fourth-order valence-electron chi connectivity index (χ4n) is 1.03. The van der Waals surface area contributed by atoms with Crippen molar-refractivity contribution >= 4 is 24.4 Å². The maximum absolute atomic E-state index is 11.4. The minimum Gasteiger partial charge on any atom is -0.274 e. The van der Waals surface area contributed by atoms with Gasteiger partial charge < -0.3 is 0 Å². The molecule has 0 aromatic heterocycles. The van der Waals surface area contributed by atoms with E-state index in [1.54, 1.807) is 0 Å². The molecule has 13 heavy (non-hydrogen) atoms. The molecule has 0 aliphatic heterocycles. The molecule has 3 heteroatoms. The molecule has 70 valence electrons. The third-order valence-electron chi connectivity index (χ3n) is 1.70. The molecule has 0 heterocycles. The van der Waals surface area contributed by atoms with E-state index in [1.807, 2.05) is 37.3 Å². The summed E-state index contributed by atoms with van der Waals surface area (Å²) < 4.78 is 1.39. The fraction of sp³-hybridized carbons (Fsp3) is 0.300. The van der Waals surface area contributed by atoms with E-state index in [0.717, 1.165) is 12.1 Å². The zero-order chi connectivity index (χ0) is 9.68. The molecule has 0 saturated heterocycles. The molecular weight excluding hydrogens is 182 g/mol. The summed E-state index contributed by atoms with van der Waals surface area (Å²) in [6, 6.07) is 9.41. The van der Waals surface area contributed by atoms with Gasteiger partial charge in [0, 0.05) is 6.42 Å². The number of thiol groups is 1. The van der Waals surface area contributed by atoms with Crippen LogP contribution < -0.4 is 4.31 Å². The zero-order valence-corrected chi connectivity index (χ0v) is 8.50. The Morgan fingerprint density at radius 1 is 1.38 bits per heavy atom. The minimum atomic E-state index is 0.0389. The molecule has 0 aliphatic rings. The van der Waals surface area contributed by atoms with Crippen LogP contribution in [0.3, 0.4) is 0 Å². The van der Waals surface area contributed by atoms with Crippen molar-refractivity contribution in [1.82, 2.24) is 0 Å². The molecule has 0 spiro atoms. The van der Waals surface area contributed by atoms with E-state index < -0.39 is 0 Å². The molecule has 0 saturated carbocycles. The van der Waals surface area contributed by atoms with Crippen LogP contribution in [0.1, 0.15) is 19.8 Å². The van der Waals surface area contributed by atoms with Gasteiger partial charge in [-0.3, -0.25) is 9.10 Å². The van der Waals surface area contributed by atoms with Crippen LogP contribution in [0.15, 0.2) is 30.3 Å². The van der Waals surface area contributed by atoms with E-state index in [-0.39, 0.29) is 5.91 Å². The van der Waals surface area contributed by atoms with E-state index in [0.29, 0.717) is 6.42 Å². The number of benzene rings is 1. The number of rotatable bonds is 3. The summed E-state index contributed by atoms with van der Waals surface area (Å²) in [5.41, 5.74) is 0.823. The number of para-hydroxylation sites is 1. The van der Waals surface area contributed by atoms with Gasteiger partial charge >= 0.3 is 0 Å². The third-order valence-corrected chi connectivity index (χ3v) is 2.15. The number of carbonyl (C=O) groups excluding carboxylic acids is 1. The van der Waals surface area contributed by atoms with E-state index in [9.17, 15) is 4.79 Å². The van der Waals surface area contributed by atoms with Crippen LogP contribution in [0.2, 0.25) is 0 Å². The van der Waals surface area contributed by atoms with Crippen molar-refractivity contribution in [2.24, 2.45) is 0 Å². The van der Waals surface area contributed by atoms with E-state index in [2.05, 4.69) is 12.8 Å². The highest BCUT2D eigenvalue weighted by atomic mass is 32.1. The Balaban J connectivity index is 2.68. The first-order valence-electron chi connectivity index (χ1n) is 4.32. The van der Waals surface area contributed by atoms with Crippen molar-refractivity contribution in [2.45, 2.75) is 19.8 Å². The smallest absolute Gasteiger partial charge is 0.236 e. The molecule has 2 nitrogen and oxygen atoms in total. The lowest BCUT2D eigenvalue weighted by Gasteiger charge is -2.14. The molecular formula is C10H13NOS. The van der Waals surface area contributed by atoms with Crippen molar-refractivity contribution in [2.75, 3.05) is 4.31 Å². The van der Waals surface area contributed by atoms with Crippen molar-refractivity contribution in [1.29, 1.82) is 0 Å². The lowest BCUT2D eigenvalue weighted by Crippen LogP contribution is -2.19. The number of hydrogen-bond donors (Lipinski definition) is 1. The van der Waals surface area contributed by atoms with Gasteiger partial charge in [0.15, 0.2) is 0 Å². The molecule has 0 radical (unpaired) electrons. The van der Waals surface area contributed by atoms with Crippen LogP contribution in [0, 0.1) is 0 Å². The Hall–Kier alpha value is -0.960. The quantitative estimate of drug-likeness (QED) is 0.735. The number of amides is 1. The van der Waals surface area contributed by atoms with Crippen LogP contribution in [-0.2, 0) is 4.79 Å². The molecule has 0 unspecified atom stereocenters. The third kappa shape index (κ3) is 2.77. The number of anilines is 1. The molecule has 1 rings (SSSR count). The van der Waals surface area contributed by atoms with Gasteiger partial charge in [-0.15, -0.1) is 0 Å². The van der Waals surface area contributed by atoms with Gasteiger partial charge in [0.05, 0.1) is 5.69 Å². The predicted molar refractivity (Wildman–Crippen MR) is 57.8 cm³/mol. The van der Waals surface area contributed by atoms with Gasteiger partial charge in [0.2, 0.25) is 5.91 Å². The number of nitrogens with zero attached hydrogens (tertiary/aromatic N) is 1. The highest BCUT2D eigenvalue weighted by Gasteiger charge is 2.09. The summed E-state index contributed by atoms with van der Waals surface area (Å²) in [6.45, 7) is 1.98. The van der Waals surface area contributed by atoms with Crippen LogP contribution >= 0.6 is 12.8 Å². The van der Waals surface area contributed by atoms with Crippen molar-refractivity contribution in [3.8, 4) is 0 Å². The van der Waals surface area contributed by atoms with Crippen LogP contribution in [0.5, 0.6) is 0 Å². The Labute approximate surface area is 84.1 Å². The van der Waals surface area contributed by atoms with Gasteiger partial charge in [-0.25, -0.2) is 0 Å². The van der Waals surface area contributed by atoms with Crippen LogP contribution in [0.25, 0.3) is 0 Å². The summed E-state index contributed by atoms with van der Waals surface area (Å²) in [5.74, 6) is 0.0389. The van der Waals surface area contributed by atoms with E-state index in [4.69, 9.17) is 0 Å². The SMILES string of the molecule is CCCC(=O)N(S)c1ccccc1. The second kappa shape index (κ2) is 4.92. The topological polar surface area (TPSA) is 20.3 Å². The summed E-state index contributed by atoms with van der Waals surface area (Å²) >= 11 is 4.13. The lowest BCUT2D eigenvalue weighted by molar-refractivity contribution is -0.117. The van der Waals surface area contributed by atoms with Crippen molar-refractivity contribution < 1.29 is 4.79 Å². The number of carbonyl (C=O) groups is 1. The van der Waals surface area contributed by atoms with Gasteiger partial charge in [-0.2, -0.15) is 0 Å². The molecule has 1 aromatic carbocycles. The summed E-state index contributed by atoms with van der Waals surface area (Å²) in [5, 5.41) is 0. The van der Waals surface area contributed by atoms with Gasteiger partial charge in [-0.05, 0) is 18.6 Å². The summed E-state index contributed by atoms with van der Waals surface area (Å²) in [7, 11) is 0. The average Bonchev–Trinajstić information content (AvgIpc) is 2.18. The van der Waals surface area contributed by atoms with Crippen LogP contribution in [-0.4, -0.2) is 5.91 Å². The van der Waals surface area contributed by atoms with Crippen LogP contribution in [0.4, 0.5) is 5.69 Å². The van der Waals surface area contributed by atoms with E-state index in [1.165, 1.54) is 4.31 Å². The number of hydrogen-bond acceptors (Lipinski definition) is 2. The van der Waals surface area contributed by atoms with E-state index >= 15 is 0 Å². The predicted octanol–water partition coefficient (Wildman–Crippen LogP) is 2.66. The highest BCUT2D eigenvalue weighted by Crippen LogP contribution is 2.16. The summed E-state index contributed by atoms with van der Waals surface area (Å²) in [4.78, 5) is 11.4. The Kier molecular flexibility index (Phi) is 3.83. The first-order valence-corrected chi connectivity index (χ1v) is 4.72. The van der Waals surface area contributed by atoms with Crippen molar-refractivity contribution in [3.05, 3.63) is 30.3 Å². The van der Waals surface area contributed by atoms with Gasteiger partial charge in [0.1, 0.15) is 0 Å². The first-order chi connectivity index (χ1) is 6.25. The highest BCUT2D eigenvalue weighted by molar-refractivity contribution is 7.82. The Bertz CT molecular complexity index is 274. The van der Waals surface area contributed by atoms with Gasteiger partial charge in [0.25, 0.3) is 0 Å². The second-order valence-corrected chi connectivity index (χ2v) is 3.19. The normalized spacial score (nSPS) is 9.69. The Morgan fingerprint density at radius 3 is 2.54 bits per heavy atom. The average molecular weight is 195 g/mol. The fourth-order valence-corrected chi connectivity index (χ4v) is 1.27. The first kappa shape index (κ1) is 10.1.